The molecule has 2 N–H and O–H groups in total. The van der Waals surface area contributed by atoms with E-state index in [1.165, 1.54) is 17.3 Å². The van der Waals surface area contributed by atoms with E-state index in [9.17, 15) is 4.79 Å². The van der Waals surface area contributed by atoms with Gasteiger partial charge in [0.15, 0.2) is 16.7 Å². The van der Waals surface area contributed by atoms with Crippen LogP contribution in [0.5, 0.6) is 0 Å². The van der Waals surface area contributed by atoms with Gasteiger partial charge in [-0.15, -0.1) is 10.2 Å². The highest BCUT2D eigenvalue weighted by molar-refractivity contribution is 9.10. The number of thioether (sulfide) groups is 1. The van der Waals surface area contributed by atoms with Crippen molar-refractivity contribution in [3.8, 4) is 11.3 Å². The summed E-state index contributed by atoms with van der Waals surface area (Å²) in [6, 6.07) is 21.1. The minimum absolute atomic E-state index is 0.123. The molecule has 7 nitrogen and oxygen atoms in total. The standard InChI is InChI=1S/C23H20BrN5O2S2/c1-2-20-26-27-23(33-14-15-6-4-3-5-7-15)29(20)28-22(32)25-21(30)19-13-12-18(31-19)16-8-10-17(24)11-9-16/h3-13H,2,14H2,1H3,(H2,25,28,30,32). The quantitative estimate of drug-likeness (QED) is 0.239. The highest BCUT2D eigenvalue weighted by Crippen LogP contribution is 2.24. The van der Waals surface area contributed by atoms with E-state index in [4.69, 9.17) is 16.6 Å². The van der Waals surface area contributed by atoms with Crippen molar-refractivity contribution in [2.75, 3.05) is 5.43 Å². The van der Waals surface area contributed by atoms with Gasteiger partial charge in [-0.1, -0.05) is 77.1 Å². The topological polar surface area (TPSA) is 85.0 Å². The number of benzene rings is 2. The van der Waals surface area contributed by atoms with Crippen LogP contribution in [0.25, 0.3) is 11.3 Å². The number of carbonyl (C=O) groups excluding carboxylic acids is 1. The molecule has 1 amide bonds. The second kappa shape index (κ2) is 10.8. The Morgan fingerprint density at radius 1 is 1.09 bits per heavy atom. The van der Waals surface area contributed by atoms with Crippen LogP contribution >= 0.6 is 39.9 Å². The number of nitrogens with one attached hydrogen (secondary N) is 2. The first-order chi connectivity index (χ1) is 16.0. The second-order valence-corrected chi connectivity index (χ2v) is 9.19. The van der Waals surface area contributed by atoms with Gasteiger partial charge in [-0.25, -0.2) is 4.68 Å². The van der Waals surface area contributed by atoms with Crippen molar-refractivity contribution in [3.05, 3.63) is 88.4 Å². The highest BCUT2D eigenvalue weighted by Gasteiger charge is 2.17. The normalized spacial score (nSPS) is 10.7. The van der Waals surface area contributed by atoms with Gasteiger partial charge in [-0.05, 0) is 42.0 Å². The zero-order valence-corrected chi connectivity index (χ0v) is 20.8. The molecule has 0 radical (unpaired) electrons. The largest absolute Gasteiger partial charge is 0.451 e. The Balaban J connectivity index is 1.41. The van der Waals surface area contributed by atoms with Crippen molar-refractivity contribution in [3.63, 3.8) is 0 Å². The smallest absolute Gasteiger partial charge is 0.293 e. The van der Waals surface area contributed by atoms with Gasteiger partial charge in [0.1, 0.15) is 5.76 Å². The van der Waals surface area contributed by atoms with E-state index >= 15 is 0 Å². The number of aryl methyl sites for hydroxylation is 1. The van der Waals surface area contributed by atoms with E-state index in [1.807, 2.05) is 49.4 Å². The SMILES string of the molecule is CCc1nnc(SCc2ccccc2)n1NC(=S)NC(=O)c1ccc(-c2ccc(Br)cc2)o1. The second-order valence-electron chi connectivity index (χ2n) is 6.93. The zero-order chi connectivity index (χ0) is 23.2. The molecule has 0 saturated heterocycles. The fraction of sp³-hybridized carbons (Fsp3) is 0.130. The zero-order valence-electron chi connectivity index (χ0n) is 17.6. The molecular weight excluding hydrogens is 522 g/mol. The molecule has 0 saturated carbocycles. The van der Waals surface area contributed by atoms with Crippen molar-refractivity contribution < 1.29 is 9.21 Å². The van der Waals surface area contributed by atoms with Crippen LogP contribution in [0.1, 0.15) is 28.9 Å². The predicted molar refractivity (Wildman–Crippen MR) is 137 cm³/mol. The van der Waals surface area contributed by atoms with E-state index in [0.29, 0.717) is 23.2 Å². The van der Waals surface area contributed by atoms with Gasteiger partial charge >= 0.3 is 0 Å². The average molecular weight is 542 g/mol. The lowest BCUT2D eigenvalue weighted by atomic mass is 10.2. The summed E-state index contributed by atoms with van der Waals surface area (Å²) in [6.45, 7) is 1.97. The lowest BCUT2D eigenvalue weighted by molar-refractivity contribution is 0.0951. The number of hydrogen-bond acceptors (Lipinski definition) is 6. The Morgan fingerprint density at radius 2 is 1.85 bits per heavy atom. The van der Waals surface area contributed by atoms with Gasteiger partial charge in [0.2, 0.25) is 5.16 Å². The Kier molecular flexibility index (Phi) is 7.58. The van der Waals surface area contributed by atoms with Crippen LogP contribution in [0.2, 0.25) is 0 Å². The third kappa shape index (κ3) is 5.89. The first-order valence-electron chi connectivity index (χ1n) is 10.1. The third-order valence-corrected chi connectivity index (χ3v) is 6.35. The summed E-state index contributed by atoms with van der Waals surface area (Å²) in [7, 11) is 0. The van der Waals surface area contributed by atoms with Crippen molar-refractivity contribution >= 4 is 50.9 Å². The first-order valence-corrected chi connectivity index (χ1v) is 12.3. The van der Waals surface area contributed by atoms with E-state index in [-0.39, 0.29) is 10.9 Å². The molecule has 4 aromatic rings. The van der Waals surface area contributed by atoms with Crippen LogP contribution in [-0.2, 0) is 12.2 Å². The summed E-state index contributed by atoms with van der Waals surface area (Å²) < 4.78 is 8.38. The first kappa shape index (κ1) is 23.2. The van der Waals surface area contributed by atoms with Crippen LogP contribution in [0.3, 0.4) is 0 Å². The van der Waals surface area contributed by atoms with Gasteiger partial charge in [0, 0.05) is 22.2 Å². The van der Waals surface area contributed by atoms with Gasteiger partial charge in [0.05, 0.1) is 0 Å². The molecule has 168 valence electrons. The summed E-state index contributed by atoms with van der Waals surface area (Å²) >= 11 is 10.3. The summed E-state index contributed by atoms with van der Waals surface area (Å²) in [6.07, 6.45) is 0.650. The molecule has 0 aliphatic carbocycles. The van der Waals surface area contributed by atoms with E-state index in [1.54, 1.807) is 16.8 Å². The Labute approximate surface area is 209 Å². The average Bonchev–Trinajstić information content (AvgIpc) is 3.46. The minimum atomic E-state index is -0.444. The van der Waals surface area contributed by atoms with E-state index in [0.717, 1.165) is 15.8 Å². The molecule has 0 aliphatic heterocycles. The third-order valence-electron chi connectivity index (χ3n) is 4.63. The summed E-state index contributed by atoms with van der Waals surface area (Å²) in [5.41, 5.74) is 5.06. The van der Waals surface area contributed by atoms with Crippen LogP contribution < -0.4 is 10.7 Å². The van der Waals surface area contributed by atoms with Gasteiger partial charge in [-0.2, -0.15) is 0 Å². The monoisotopic (exact) mass is 541 g/mol. The van der Waals surface area contributed by atoms with E-state index < -0.39 is 5.91 Å². The molecule has 0 unspecified atom stereocenters. The van der Waals surface area contributed by atoms with Gasteiger partial charge < -0.3 is 4.42 Å². The van der Waals surface area contributed by atoms with Crippen LogP contribution in [0.15, 0.2) is 80.8 Å². The summed E-state index contributed by atoms with van der Waals surface area (Å²) in [4.78, 5) is 12.6. The molecule has 0 bridgehead atoms. The summed E-state index contributed by atoms with van der Waals surface area (Å²) in [5.74, 6) is 1.75. The number of aromatic nitrogens is 3. The number of thiocarbonyl (C=S) groups is 1. The molecule has 0 atom stereocenters. The van der Waals surface area contributed by atoms with Crippen LogP contribution in [0, 0.1) is 0 Å². The molecule has 0 fully saturated rings. The highest BCUT2D eigenvalue weighted by atomic mass is 79.9. The number of furan rings is 1. The van der Waals surface area contributed by atoms with Crippen LogP contribution in [-0.4, -0.2) is 25.9 Å². The molecule has 2 aromatic heterocycles. The van der Waals surface area contributed by atoms with Crippen molar-refractivity contribution in [2.45, 2.75) is 24.3 Å². The number of halogens is 1. The summed E-state index contributed by atoms with van der Waals surface area (Å²) in [5, 5.41) is 11.9. The van der Waals surface area contributed by atoms with Gasteiger partial charge in [-0.3, -0.25) is 15.5 Å². The van der Waals surface area contributed by atoms with Crippen molar-refractivity contribution in [1.82, 2.24) is 20.2 Å². The van der Waals surface area contributed by atoms with Gasteiger partial charge in [0.25, 0.3) is 5.91 Å². The number of hydrogen-bond donors (Lipinski definition) is 2. The van der Waals surface area contributed by atoms with E-state index in [2.05, 4.69) is 49.0 Å². The number of rotatable bonds is 7. The maximum atomic E-state index is 12.6. The fourth-order valence-electron chi connectivity index (χ4n) is 2.98. The minimum Gasteiger partial charge on any atom is -0.451 e. The molecular formula is C23H20BrN5O2S2. The molecule has 2 heterocycles. The number of carbonyl (C=O) groups is 1. The Morgan fingerprint density at radius 3 is 2.58 bits per heavy atom. The molecule has 33 heavy (non-hydrogen) atoms. The molecule has 0 spiro atoms. The lowest BCUT2D eigenvalue weighted by Crippen LogP contribution is -2.38. The molecule has 4 rings (SSSR count). The predicted octanol–water partition coefficient (Wildman–Crippen LogP) is 5.41. The molecule has 2 aromatic carbocycles. The Hall–Kier alpha value is -2.95. The molecule has 10 heteroatoms. The molecule has 0 aliphatic rings. The maximum Gasteiger partial charge on any atom is 0.293 e. The number of amides is 1. The Bertz CT molecular complexity index is 1260. The fourth-order valence-corrected chi connectivity index (χ4v) is 4.30. The van der Waals surface area contributed by atoms with Crippen molar-refractivity contribution in [2.24, 2.45) is 0 Å². The maximum absolute atomic E-state index is 12.6. The number of nitrogens with zero attached hydrogens (tertiary/aromatic N) is 3. The van der Waals surface area contributed by atoms with Crippen molar-refractivity contribution in [1.29, 1.82) is 0 Å². The lowest BCUT2D eigenvalue weighted by Gasteiger charge is -2.13. The van der Waals surface area contributed by atoms with Crippen LogP contribution in [0.4, 0.5) is 0 Å².